The van der Waals surface area contributed by atoms with Crippen molar-refractivity contribution in [2.45, 2.75) is 11.8 Å². The molecule has 3 N–H and O–H groups in total. The summed E-state index contributed by atoms with van der Waals surface area (Å²) in [6.07, 6.45) is 0. The van der Waals surface area contributed by atoms with E-state index in [1.807, 2.05) is 0 Å². The van der Waals surface area contributed by atoms with Gasteiger partial charge in [0.1, 0.15) is 0 Å². The van der Waals surface area contributed by atoms with E-state index in [0.717, 1.165) is 18.2 Å². The van der Waals surface area contributed by atoms with E-state index in [2.05, 4.69) is 5.32 Å². The van der Waals surface area contributed by atoms with E-state index in [1.165, 1.54) is 0 Å². The molecule has 0 fully saturated rings. The number of anilines is 1. The minimum Gasteiger partial charge on any atom is -0.477 e. The molecule has 2 rings (SSSR count). The number of hydrogen-bond donors (Lipinski definition) is 2. The molecule has 0 saturated carbocycles. The molecule has 0 aliphatic carbocycles. The van der Waals surface area contributed by atoms with Crippen LogP contribution >= 0.6 is 11.6 Å². The Balaban J connectivity index is 2.15. The number of nitro benzene ring substituents is 1. The molecule has 0 spiro atoms. The van der Waals surface area contributed by atoms with Gasteiger partial charge in [-0.05, 0) is 36.8 Å². The fourth-order valence-electron chi connectivity index (χ4n) is 2.01. The highest BCUT2D eigenvalue weighted by Gasteiger charge is 2.21. The van der Waals surface area contributed by atoms with Crippen LogP contribution in [0.5, 0.6) is 5.75 Å². The molecule has 1 amide bonds. The largest absolute Gasteiger partial charge is 0.477 e. The minimum atomic E-state index is -4.11. The standard InChI is InChI=1S/C15H14ClN3O6S/c1-9-11(16)3-2-4-12(9)18-15(20)8-25-14-6-5-10(26(17,23)24)7-13(14)19(21)22/h2-7H,8H2,1H3,(H,18,20)(H2,17,23,24). The SMILES string of the molecule is Cc1c(Cl)cccc1NC(=O)COc1ccc(S(N)(=O)=O)cc1[N+](=O)[O-]. The van der Waals surface area contributed by atoms with Gasteiger partial charge in [0, 0.05) is 16.8 Å². The number of hydrogen-bond acceptors (Lipinski definition) is 6. The third kappa shape index (κ3) is 4.69. The first-order valence-corrected chi connectivity index (χ1v) is 9.01. The molecular formula is C15H14ClN3O6S. The summed E-state index contributed by atoms with van der Waals surface area (Å²) in [7, 11) is -4.11. The van der Waals surface area contributed by atoms with Crippen LogP contribution in [-0.4, -0.2) is 25.9 Å². The van der Waals surface area contributed by atoms with Gasteiger partial charge in [0.25, 0.3) is 5.91 Å². The Labute approximate surface area is 153 Å². The molecule has 0 bridgehead atoms. The number of nitrogens with two attached hydrogens (primary N) is 1. The first kappa shape index (κ1) is 19.6. The van der Waals surface area contributed by atoms with Crippen LogP contribution in [0.4, 0.5) is 11.4 Å². The summed E-state index contributed by atoms with van der Waals surface area (Å²) in [6.45, 7) is 1.19. The van der Waals surface area contributed by atoms with E-state index in [1.54, 1.807) is 25.1 Å². The van der Waals surface area contributed by atoms with E-state index in [4.69, 9.17) is 21.5 Å². The number of nitro groups is 1. The lowest BCUT2D eigenvalue weighted by Crippen LogP contribution is -2.21. The monoisotopic (exact) mass is 399 g/mol. The van der Waals surface area contributed by atoms with Crippen LogP contribution in [0, 0.1) is 17.0 Å². The summed E-state index contributed by atoms with van der Waals surface area (Å²) in [5.74, 6) is -0.833. The summed E-state index contributed by atoms with van der Waals surface area (Å²) in [5, 5.41) is 19.1. The molecule has 0 aliphatic rings. The van der Waals surface area contributed by atoms with E-state index in [0.29, 0.717) is 16.3 Å². The number of rotatable bonds is 6. The van der Waals surface area contributed by atoms with Gasteiger partial charge in [0.15, 0.2) is 12.4 Å². The maximum atomic E-state index is 12.0. The molecule has 0 heterocycles. The van der Waals surface area contributed by atoms with Gasteiger partial charge < -0.3 is 10.1 Å². The number of benzene rings is 2. The third-order valence-electron chi connectivity index (χ3n) is 3.36. The first-order chi connectivity index (χ1) is 12.1. The Morgan fingerprint density at radius 1 is 1.35 bits per heavy atom. The van der Waals surface area contributed by atoms with Gasteiger partial charge in [-0.1, -0.05) is 17.7 Å². The van der Waals surface area contributed by atoms with E-state index in [-0.39, 0.29) is 5.75 Å². The molecule has 0 unspecified atom stereocenters. The number of nitrogens with zero attached hydrogens (tertiary/aromatic N) is 1. The van der Waals surface area contributed by atoms with Crippen LogP contribution in [0.1, 0.15) is 5.56 Å². The van der Waals surface area contributed by atoms with Crippen LogP contribution in [0.2, 0.25) is 5.02 Å². The second-order valence-electron chi connectivity index (χ2n) is 5.18. The van der Waals surface area contributed by atoms with Crippen molar-refractivity contribution in [3.63, 3.8) is 0 Å². The molecule has 0 atom stereocenters. The van der Waals surface area contributed by atoms with E-state index >= 15 is 0 Å². The number of amides is 1. The van der Waals surface area contributed by atoms with Crippen molar-refractivity contribution in [2.75, 3.05) is 11.9 Å². The predicted octanol–water partition coefficient (Wildman–Crippen LogP) is 2.22. The summed E-state index contributed by atoms with van der Waals surface area (Å²) in [6, 6.07) is 7.85. The Morgan fingerprint density at radius 3 is 2.65 bits per heavy atom. The lowest BCUT2D eigenvalue weighted by atomic mass is 10.2. The molecule has 0 saturated heterocycles. The number of halogens is 1. The van der Waals surface area contributed by atoms with Gasteiger partial charge in [-0.25, -0.2) is 13.6 Å². The maximum absolute atomic E-state index is 12.0. The van der Waals surface area contributed by atoms with Gasteiger partial charge in [-0.2, -0.15) is 0 Å². The van der Waals surface area contributed by atoms with Gasteiger partial charge in [-0.3, -0.25) is 14.9 Å². The second kappa shape index (κ2) is 7.68. The Hall–Kier alpha value is -2.69. The van der Waals surface area contributed by atoms with Gasteiger partial charge in [0.2, 0.25) is 10.0 Å². The molecule has 2 aromatic rings. The third-order valence-corrected chi connectivity index (χ3v) is 4.68. The number of nitrogens with one attached hydrogen (secondary N) is 1. The Morgan fingerprint density at radius 2 is 2.04 bits per heavy atom. The molecule has 26 heavy (non-hydrogen) atoms. The van der Waals surface area contributed by atoms with Crippen LogP contribution < -0.4 is 15.2 Å². The van der Waals surface area contributed by atoms with Crippen LogP contribution in [0.3, 0.4) is 0 Å². The van der Waals surface area contributed by atoms with E-state index in [9.17, 15) is 23.3 Å². The summed E-state index contributed by atoms with van der Waals surface area (Å²) in [4.78, 5) is 21.8. The molecule has 0 aliphatic heterocycles. The molecular weight excluding hydrogens is 386 g/mol. The zero-order chi connectivity index (χ0) is 19.5. The van der Waals surface area contributed by atoms with Crippen molar-refractivity contribution in [3.05, 3.63) is 57.1 Å². The predicted molar refractivity (Wildman–Crippen MR) is 94.8 cm³/mol. The van der Waals surface area contributed by atoms with Crippen molar-refractivity contribution in [1.82, 2.24) is 0 Å². The quantitative estimate of drug-likeness (QED) is 0.563. The fourth-order valence-corrected chi connectivity index (χ4v) is 2.72. The highest BCUT2D eigenvalue weighted by atomic mass is 35.5. The Kier molecular flexibility index (Phi) is 5.80. The summed E-state index contributed by atoms with van der Waals surface area (Å²) < 4.78 is 27.7. The normalized spacial score (nSPS) is 11.0. The topological polar surface area (TPSA) is 142 Å². The number of carbonyl (C=O) groups is 1. The average Bonchev–Trinajstić information content (AvgIpc) is 2.56. The molecule has 138 valence electrons. The van der Waals surface area contributed by atoms with E-state index < -0.39 is 38.0 Å². The van der Waals surface area contributed by atoms with Crippen LogP contribution in [0.25, 0.3) is 0 Å². The smallest absolute Gasteiger partial charge is 0.312 e. The van der Waals surface area contributed by atoms with Gasteiger partial charge in [0.05, 0.1) is 9.82 Å². The minimum absolute atomic E-state index is 0.264. The Bertz CT molecular complexity index is 977. The molecule has 0 radical (unpaired) electrons. The maximum Gasteiger partial charge on any atom is 0.312 e. The number of ether oxygens (including phenoxy) is 1. The fraction of sp³-hybridized carbons (Fsp3) is 0.133. The molecule has 0 aromatic heterocycles. The zero-order valence-corrected chi connectivity index (χ0v) is 15.0. The zero-order valence-electron chi connectivity index (χ0n) is 13.4. The molecule has 9 nitrogen and oxygen atoms in total. The summed E-state index contributed by atoms with van der Waals surface area (Å²) >= 11 is 5.96. The van der Waals surface area contributed by atoms with Crippen molar-refractivity contribution in [1.29, 1.82) is 0 Å². The van der Waals surface area contributed by atoms with Crippen LogP contribution in [-0.2, 0) is 14.8 Å². The lowest BCUT2D eigenvalue weighted by Gasteiger charge is -2.11. The average molecular weight is 400 g/mol. The van der Waals surface area contributed by atoms with Crippen molar-refractivity contribution in [3.8, 4) is 5.75 Å². The molecule has 2 aromatic carbocycles. The number of carbonyl (C=O) groups excluding carboxylic acids is 1. The van der Waals surface area contributed by atoms with Crippen LogP contribution in [0.15, 0.2) is 41.3 Å². The summed E-state index contributed by atoms with van der Waals surface area (Å²) in [5.41, 5.74) is 0.513. The number of primary sulfonamides is 1. The van der Waals surface area contributed by atoms with Crippen molar-refractivity contribution in [2.24, 2.45) is 5.14 Å². The number of sulfonamides is 1. The first-order valence-electron chi connectivity index (χ1n) is 7.08. The van der Waals surface area contributed by atoms with Crippen molar-refractivity contribution < 1.29 is 22.9 Å². The molecule has 11 heteroatoms. The van der Waals surface area contributed by atoms with Gasteiger partial charge in [-0.15, -0.1) is 0 Å². The highest BCUT2D eigenvalue weighted by molar-refractivity contribution is 7.89. The van der Waals surface area contributed by atoms with Crippen molar-refractivity contribution >= 4 is 38.9 Å². The van der Waals surface area contributed by atoms with Gasteiger partial charge >= 0.3 is 5.69 Å². The lowest BCUT2D eigenvalue weighted by molar-refractivity contribution is -0.386. The highest BCUT2D eigenvalue weighted by Crippen LogP contribution is 2.29. The second-order valence-corrected chi connectivity index (χ2v) is 7.15.